The number of fused-ring (bicyclic) bond motifs is 2. The monoisotopic (exact) mass is 390 g/mol. The van der Waals surface area contributed by atoms with E-state index in [0.717, 1.165) is 36.2 Å². The van der Waals surface area contributed by atoms with Crippen molar-refractivity contribution in [2.75, 3.05) is 19.0 Å². The van der Waals surface area contributed by atoms with E-state index in [0.29, 0.717) is 5.56 Å². The summed E-state index contributed by atoms with van der Waals surface area (Å²) in [4.78, 5) is 24.9. The molecule has 5 heteroatoms. The molecule has 1 aliphatic heterocycles. The van der Waals surface area contributed by atoms with Gasteiger partial charge in [-0.3, -0.25) is 4.79 Å². The molecular weight excluding hydrogens is 364 g/mol. The third kappa shape index (κ3) is 2.91. The maximum Gasteiger partial charge on any atom is 0.337 e. The second-order valence-electron chi connectivity index (χ2n) is 8.67. The van der Waals surface area contributed by atoms with Crippen molar-refractivity contribution in [2.45, 2.75) is 49.5 Å². The molecule has 2 aromatic carbocycles. The minimum atomic E-state index is -0.350. The Morgan fingerprint density at radius 2 is 1.72 bits per heavy atom. The molecule has 1 amide bonds. The lowest BCUT2D eigenvalue weighted by Gasteiger charge is -2.23. The van der Waals surface area contributed by atoms with Crippen molar-refractivity contribution in [1.29, 1.82) is 0 Å². The van der Waals surface area contributed by atoms with Crippen molar-refractivity contribution in [2.24, 2.45) is 0 Å². The molecule has 0 radical (unpaired) electrons. The van der Waals surface area contributed by atoms with E-state index in [1.54, 1.807) is 12.1 Å². The van der Waals surface area contributed by atoms with Gasteiger partial charge in [0.15, 0.2) is 0 Å². The van der Waals surface area contributed by atoms with Crippen molar-refractivity contribution in [3.05, 3.63) is 64.7 Å². The van der Waals surface area contributed by atoms with Gasteiger partial charge in [-0.05, 0) is 55.0 Å². The number of benzene rings is 2. The van der Waals surface area contributed by atoms with Crippen LogP contribution >= 0.6 is 0 Å². The molecule has 2 N–H and O–H groups in total. The highest BCUT2D eigenvalue weighted by Gasteiger charge is 2.47. The largest absolute Gasteiger partial charge is 0.465 e. The number of carbonyl (C=O) groups excluding carboxylic acids is 2. The van der Waals surface area contributed by atoms with Crippen LogP contribution in [0.3, 0.4) is 0 Å². The molecule has 2 aromatic rings. The van der Waals surface area contributed by atoms with Gasteiger partial charge in [-0.25, -0.2) is 4.79 Å². The van der Waals surface area contributed by atoms with Crippen LogP contribution in [-0.2, 0) is 15.7 Å². The van der Waals surface area contributed by atoms with Crippen molar-refractivity contribution in [3.63, 3.8) is 0 Å². The predicted octanol–water partition coefficient (Wildman–Crippen LogP) is 4.13. The van der Waals surface area contributed by atoms with Crippen LogP contribution in [0.5, 0.6) is 0 Å². The third-order valence-electron chi connectivity index (χ3n) is 7.01. The first-order valence-electron chi connectivity index (χ1n) is 10.5. The quantitative estimate of drug-likeness (QED) is 0.771. The van der Waals surface area contributed by atoms with Gasteiger partial charge in [0.1, 0.15) is 0 Å². The molecule has 1 heterocycles. The number of methoxy groups -OCH3 is 1. The predicted molar refractivity (Wildman–Crippen MR) is 111 cm³/mol. The molecule has 3 aliphatic rings. The minimum Gasteiger partial charge on any atom is -0.465 e. The molecule has 0 bridgehead atoms. The van der Waals surface area contributed by atoms with Crippen LogP contribution in [0.25, 0.3) is 0 Å². The summed E-state index contributed by atoms with van der Waals surface area (Å²) in [7, 11) is 1.38. The number of anilines is 1. The first-order chi connectivity index (χ1) is 14.1. The second-order valence-corrected chi connectivity index (χ2v) is 8.67. The van der Waals surface area contributed by atoms with Gasteiger partial charge < -0.3 is 15.4 Å². The smallest absolute Gasteiger partial charge is 0.337 e. The van der Waals surface area contributed by atoms with E-state index >= 15 is 0 Å². The van der Waals surface area contributed by atoms with Crippen molar-refractivity contribution in [1.82, 2.24) is 5.32 Å². The fraction of sp³-hybridized carbons (Fsp3) is 0.417. The number of carbonyl (C=O) groups is 2. The summed E-state index contributed by atoms with van der Waals surface area (Å²) in [5.74, 6) is -0.379. The summed E-state index contributed by atoms with van der Waals surface area (Å²) in [6.07, 6.45) is 6.75. The van der Waals surface area contributed by atoms with Crippen molar-refractivity contribution < 1.29 is 14.3 Å². The van der Waals surface area contributed by atoms with Crippen LogP contribution in [0.4, 0.5) is 5.69 Å². The van der Waals surface area contributed by atoms with Gasteiger partial charge in [0.25, 0.3) is 5.91 Å². The van der Waals surface area contributed by atoms with Gasteiger partial charge in [0.05, 0.1) is 29.5 Å². The van der Waals surface area contributed by atoms with Crippen LogP contribution in [0.2, 0.25) is 0 Å². The van der Waals surface area contributed by atoms with E-state index in [1.807, 2.05) is 24.3 Å². The number of hydrogen-bond donors (Lipinski definition) is 2. The molecule has 1 spiro atoms. The zero-order chi connectivity index (χ0) is 20.1. The first-order valence-corrected chi connectivity index (χ1v) is 10.5. The lowest BCUT2D eigenvalue weighted by Crippen LogP contribution is -2.35. The molecule has 2 saturated carbocycles. The number of hydrogen-bond acceptors (Lipinski definition) is 4. The van der Waals surface area contributed by atoms with Gasteiger partial charge in [-0.2, -0.15) is 0 Å². The molecule has 150 valence electrons. The maximum absolute atomic E-state index is 13.2. The fourth-order valence-corrected chi connectivity index (χ4v) is 5.16. The van der Waals surface area contributed by atoms with Gasteiger partial charge >= 0.3 is 5.97 Å². The SMILES string of the molecule is COC(=O)c1ccc(C2(NC(=O)c3cccc4c3NCC43CCCC3)CC2)cc1. The van der Waals surface area contributed by atoms with Gasteiger partial charge in [0.2, 0.25) is 0 Å². The average molecular weight is 390 g/mol. The van der Waals surface area contributed by atoms with E-state index in [-0.39, 0.29) is 22.8 Å². The number of nitrogens with one attached hydrogen (secondary N) is 2. The molecule has 2 fully saturated rings. The standard InChI is InChI=1S/C24H26N2O3/c1-29-22(28)16-7-9-17(10-8-16)24(13-14-24)26-21(27)18-5-4-6-19-20(18)25-15-23(19)11-2-3-12-23/h4-10,25H,2-3,11-15H2,1H3,(H,26,27). The molecule has 0 saturated heterocycles. The normalized spacial score (nSPS) is 20.0. The lowest BCUT2D eigenvalue weighted by molar-refractivity contribution is 0.0600. The third-order valence-corrected chi connectivity index (χ3v) is 7.01. The molecule has 29 heavy (non-hydrogen) atoms. The van der Waals surface area contributed by atoms with Crippen molar-refractivity contribution >= 4 is 17.6 Å². The van der Waals surface area contributed by atoms with Gasteiger partial charge in [0, 0.05) is 12.0 Å². The molecule has 0 unspecified atom stereocenters. The van der Waals surface area contributed by atoms with Crippen LogP contribution in [0.1, 0.15) is 70.4 Å². The summed E-state index contributed by atoms with van der Waals surface area (Å²) in [5.41, 5.74) is 4.50. The summed E-state index contributed by atoms with van der Waals surface area (Å²) < 4.78 is 4.77. The van der Waals surface area contributed by atoms with Crippen LogP contribution in [0.15, 0.2) is 42.5 Å². The van der Waals surface area contributed by atoms with E-state index in [1.165, 1.54) is 38.4 Å². The molecule has 0 aromatic heterocycles. The molecule has 0 atom stereocenters. The Morgan fingerprint density at radius 1 is 1.00 bits per heavy atom. The highest BCUT2D eigenvalue weighted by Crippen LogP contribution is 2.50. The van der Waals surface area contributed by atoms with Crippen LogP contribution < -0.4 is 10.6 Å². The topological polar surface area (TPSA) is 67.4 Å². The summed E-state index contributed by atoms with van der Waals surface area (Å²) in [6, 6.07) is 13.5. The van der Waals surface area contributed by atoms with Crippen molar-refractivity contribution in [3.8, 4) is 0 Å². The highest BCUT2D eigenvalue weighted by atomic mass is 16.5. The van der Waals surface area contributed by atoms with E-state index in [2.05, 4.69) is 16.7 Å². The fourth-order valence-electron chi connectivity index (χ4n) is 5.16. The second kappa shape index (κ2) is 6.61. The molecule has 2 aliphatic carbocycles. The number of para-hydroxylation sites is 1. The molecule has 5 nitrogen and oxygen atoms in total. The zero-order valence-electron chi connectivity index (χ0n) is 16.7. The van der Waals surface area contributed by atoms with Crippen LogP contribution in [-0.4, -0.2) is 25.5 Å². The lowest BCUT2D eigenvalue weighted by atomic mass is 9.80. The molecular formula is C24H26N2O3. The Kier molecular flexibility index (Phi) is 4.16. The van der Waals surface area contributed by atoms with E-state index < -0.39 is 0 Å². The molecule has 5 rings (SSSR count). The average Bonchev–Trinajstić information content (AvgIpc) is 3.22. The Hall–Kier alpha value is -2.82. The number of esters is 1. The van der Waals surface area contributed by atoms with Crippen LogP contribution in [0, 0.1) is 0 Å². The number of rotatable bonds is 4. The summed E-state index contributed by atoms with van der Waals surface area (Å²) in [6.45, 7) is 0.937. The Labute approximate surface area is 170 Å². The first kappa shape index (κ1) is 18.2. The Balaban J connectivity index is 1.39. The zero-order valence-corrected chi connectivity index (χ0v) is 16.7. The summed E-state index contributed by atoms with van der Waals surface area (Å²) >= 11 is 0. The summed E-state index contributed by atoms with van der Waals surface area (Å²) in [5, 5.41) is 6.82. The number of ether oxygens (including phenoxy) is 1. The number of amides is 1. The van der Waals surface area contributed by atoms with Gasteiger partial charge in [-0.1, -0.05) is 37.1 Å². The highest BCUT2D eigenvalue weighted by molar-refractivity contribution is 6.01. The van der Waals surface area contributed by atoms with E-state index in [9.17, 15) is 9.59 Å². The minimum absolute atomic E-state index is 0.0288. The Bertz CT molecular complexity index is 970. The Morgan fingerprint density at radius 3 is 2.38 bits per heavy atom. The maximum atomic E-state index is 13.2. The van der Waals surface area contributed by atoms with E-state index in [4.69, 9.17) is 4.74 Å². The van der Waals surface area contributed by atoms with Gasteiger partial charge in [-0.15, -0.1) is 0 Å².